The predicted octanol–water partition coefficient (Wildman–Crippen LogP) is 5.26. The number of imidazole rings is 1. The summed E-state index contributed by atoms with van der Waals surface area (Å²) >= 11 is 23.5. The Morgan fingerprint density at radius 3 is 2.38 bits per heavy atom. The zero-order chi connectivity index (χ0) is 15.1. The lowest BCUT2D eigenvalue weighted by Crippen LogP contribution is -2.01. The summed E-state index contributed by atoms with van der Waals surface area (Å²) in [6.07, 6.45) is 1.49. The number of nitrogens with zero attached hydrogens (tertiary/aromatic N) is 3. The number of rotatable bonds is 2. The van der Waals surface area contributed by atoms with Crippen molar-refractivity contribution >= 4 is 57.6 Å². The van der Waals surface area contributed by atoms with E-state index in [-0.39, 0.29) is 15.9 Å². The van der Waals surface area contributed by atoms with Crippen molar-refractivity contribution in [3.8, 4) is 5.69 Å². The number of alkyl halides is 1. The first-order chi connectivity index (χ1) is 10.0. The van der Waals surface area contributed by atoms with Gasteiger partial charge in [-0.05, 0) is 18.2 Å². The molecule has 108 valence electrons. The minimum atomic E-state index is -0.671. The number of hydrogen-bond acceptors (Lipinski definition) is 2. The minimum absolute atomic E-state index is 0.0890. The molecule has 1 aromatic carbocycles. The second-order valence-electron chi connectivity index (χ2n) is 4.22. The van der Waals surface area contributed by atoms with Gasteiger partial charge in [0.15, 0.2) is 11.5 Å². The first-order valence-corrected chi connectivity index (χ1v) is 7.42. The van der Waals surface area contributed by atoms with Gasteiger partial charge in [0.05, 0.1) is 26.6 Å². The summed E-state index contributed by atoms with van der Waals surface area (Å²) in [6, 6.07) is 4.55. The largest absolute Gasteiger partial charge is 0.280 e. The lowest BCUT2D eigenvalue weighted by molar-refractivity contribution is 0.628. The first kappa shape index (κ1) is 14.9. The highest BCUT2D eigenvalue weighted by atomic mass is 35.5. The average molecular weight is 365 g/mol. The molecule has 0 bridgehead atoms. The van der Waals surface area contributed by atoms with Crippen LogP contribution in [0.2, 0.25) is 15.1 Å². The van der Waals surface area contributed by atoms with Crippen molar-refractivity contribution in [2.24, 2.45) is 0 Å². The molecule has 0 unspecified atom stereocenters. The summed E-state index contributed by atoms with van der Waals surface area (Å²) in [4.78, 5) is 8.59. The second-order valence-corrected chi connectivity index (χ2v) is 5.73. The fourth-order valence-electron chi connectivity index (χ4n) is 2.02. The van der Waals surface area contributed by atoms with E-state index in [2.05, 4.69) is 9.97 Å². The van der Waals surface area contributed by atoms with E-state index >= 15 is 0 Å². The van der Waals surface area contributed by atoms with E-state index in [1.807, 2.05) is 0 Å². The number of halogens is 5. The highest BCUT2D eigenvalue weighted by molar-refractivity contribution is 6.35. The van der Waals surface area contributed by atoms with E-state index in [0.717, 1.165) is 0 Å². The number of aromatic nitrogens is 3. The Hall–Kier alpha value is -1.07. The topological polar surface area (TPSA) is 30.7 Å². The molecule has 3 nitrogen and oxygen atoms in total. The Balaban J connectivity index is 2.33. The number of benzene rings is 1. The second kappa shape index (κ2) is 5.61. The maximum atomic E-state index is 13.6. The molecule has 0 spiro atoms. The number of fused-ring (bicyclic) bond motifs is 1. The quantitative estimate of drug-likeness (QED) is 0.458. The normalized spacial score (nSPS) is 11.3. The molecule has 0 amide bonds. The van der Waals surface area contributed by atoms with Gasteiger partial charge in [0.1, 0.15) is 11.3 Å². The van der Waals surface area contributed by atoms with Crippen LogP contribution in [-0.4, -0.2) is 14.5 Å². The Kier molecular flexibility index (Phi) is 3.97. The third-order valence-electron chi connectivity index (χ3n) is 2.88. The Morgan fingerprint density at radius 1 is 1.10 bits per heavy atom. The van der Waals surface area contributed by atoms with E-state index in [0.29, 0.717) is 27.7 Å². The highest BCUT2D eigenvalue weighted by Gasteiger charge is 2.16. The van der Waals surface area contributed by atoms with Crippen molar-refractivity contribution in [3.05, 3.63) is 51.1 Å². The van der Waals surface area contributed by atoms with Crippen molar-refractivity contribution in [2.45, 2.75) is 5.88 Å². The van der Waals surface area contributed by atoms with Gasteiger partial charge in [-0.15, -0.1) is 11.6 Å². The summed E-state index contributed by atoms with van der Waals surface area (Å²) in [5.74, 6) is -0.00394. The van der Waals surface area contributed by atoms with Gasteiger partial charge in [-0.25, -0.2) is 14.4 Å². The molecule has 0 saturated heterocycles. The lowest BCUT2D eigenvalue weighted by atomic mass is 10.3. The number of hydrogen-bond donors (Lipinski definition) is 0. The van der Waals surface area contributed by atoms with E-state index in [9.17, 15) is 4.39 Å². The molecule has 3 rings (SSSR count). The smallest absolute Gasteiger partial charge is 0.164 e. The molecule has 2 heterocycles. The van der Waals surface area contributed by atoms with Gasteiger partial charge in [0.25, 0.3) is 0 Å². The fraction of sp³-hybridized carbons (Fsp3) is 0.0769. The first-order valence-electron chi connectivity index (χ1n) is 5.75. The van der Waals surface area contributed by atoms with Gasteiger partial charge in [0, 0.05) is 6.20 Å². The molecule has 0 saturated carbocycles. The molecular formula is C13H6Cl4FN3. The summed E-state index contributed by atoms with van der Waals surface area (Å²) in [7, 11) is 0. The lowest BCUT2D eigenvalue weighted by Gasteiger charge is -2.09. The van der Waals surface area contributed by atoms with Crippen LogP contribution in [0.5, 0.6) is 0 Å². The molecule has 3 aromatic rings. The molecule has 0 fully saturated rings. The van der Waals surface area contributed by atoms with Crippen LogP contribution >= 0.6 is 46.4 Å². The molecule has 0 N–H and O–H groups in total. The van der Waals surface area contributed by atoms with Crippen molar-refractivity contribution in [1.29, 1.82) is 0 Å². The Labute approximate surface area is 139 Å². The maximum absolute atomic E-state index is 13.6. The molecular weight excluding hydrogens is 359 g/mol. The van der Waals surface area contributed by atoms with Crippen molar-refractivity contribution in [3.63, 3.8) is 0 Å². The number of pyridine rings is 1. The summed E-state index contributed by atoms with van der Waals surface area (Å²) < 4.78 is 15.2. The van der Waals surface area contributed by atoms with E-state index in [4.69, 9.17) is 46.4 Å². The zero-order valence-corrected chi connectivity index (χ0v) is 13.3. The Morgan fingerprint density at radius 2 is 1.76 bits per heavy atom. The van der Waals surface area contributed by atoms with Crippen LogP contribution in [-0.2, 0) is 5.88 Å². The molecule has 21 heavy (non-hydrogen) atoms. The maximum Gasteiger partial charge on any atom is 0.164 e. The monoisotopic (exact) mass is 363 g/mol. The van der Waals surface area contributed by atoms with E-state index in [1.165, 1.54) is 18.3 Å². The van der Waals surface area contributed by atoms with Gasteiger partial charge >= 0.3 is 0 Å². The van der Waals surface area contributed by atoms with E-state index < -0.39 is 5.82 Å². The standard InChI is InChI=1S/C13H6Cl4FN3/c14-4-11-20-10-1-6(15)5-19-13(10)21(11)7-2-8(16)12(18)9(17)3-7/h1-3,5H,4H2. The van der Waals surface area contributed by atoms with Crippen molar-refractivity contribution in [2.75, 3.05) is 0 Å². The van der Waals surface area contributed by atoms with Crippen LogP contribution in [0.4, 0.5) is 4.39 Å². The van der Waals surface area contributed by atoms with Crippen LogP contribution in [0.15, 0.2) is 24.4 Å². The van der Waals surface area contributed by atoms with Gasteiger partial charge in [-0.2, -0.15) is 0 Å². The predicted molar refractivity (Wildman–Crippen MR) is 83.4 cm³/mol. The molecule has 0 aliphatic carbocycles. The highest BCUT2D eigenvalue weighted by Crippen LogP contribution is 2.30. The molecule has 2 aromatic heterocycles. The average Bonchev–Trinajstić information content (AvgIpc) is 2.81. The minimum Gasteiger partial charge on any atom is -0.280 e. The van der Waals surface area contributed by atoms with E-state index in [1.54, 1.807) is 10.6 Å². The Bertz CT molecular complexity index is 824. The molecule has 8 heteroatoms. The van der Waals surface area contributed by atoms with Gasteiger partial charge < -0.3 is 0 Å². The summed E-state index contributed by atoms with van der Waals surface area (Å²) in [5.41, 5.74) is 1.64. The summed E-state index contributed by atoms with van der Waals surface area (Å²) in [5, 5.41) is 0.283. The third kappa shape index (κ3) is 2.57. The van der Waals surface area contributed by atoms with Gasteiger partial charge in [0.2, 0.25) is 0 Å². The van der Waals surface area contributed by atoms with Gasteiger partial charge in [-0.1, -0.05) is 34.8 Å². The van der Waals surface area contributed by atoms with Crippen LogP contribution in [0, 0.1) is 5.82 Å². The van der Waals surface area contributed by atoms with Crippen LogP contribution < -0.4 is 0 Å². The van der Waals surface area contributed by atoms with Crippen LogP contribution in [0.25, 0.3) is 16.9 Å². The third-order valence-corrected chi connectivity index (χ3v) is 3.88. The fourth-order valence-corrected chi connectivity index (χ4v) is 2.83. The van der Waals surface area contributed by atoms with Gasteiger partial charge in [-0.3, -0.25) is 4.57 Å². The van der Waals surface area contributed by atoms with Crippen LogP contribution in [0.3, 0.4) is 0 Å². The molecule has 0 radical (unpaired) electrons. The summed E-state index contributed by atoms with van der Waals surface area (Å²) in [6.45, 7) is 0. The molecule has 0 atom stereocenters. The molecule has 0 aliphatic heterocycles. The molecule has 0 aliphatic rings. The van der Waals surface area contributed by atoms with Crippen molar-refractivity contribution in [1.82, 2.24) is 14.5 Å². The SMILES string of the molecule is Fc1c(Cl)cc(-n2c(CCl)nc3cc(Cl)cnc32)cc1Cl. The van der Waals surface area contributed by atoms with Crippen molar-refractivity contribution < 1.29 is 4.39 Å². The van der Waals surface area contributed by atoms with Crippen LogP contribution in [0.1, 0.15) is 5.82 Å². The zero-order valence-electron chi connectivity index (χ0n) is 10.2.